The Morgan fingerprint density at radius 3 is 2.37 bits per heavy atom. The zero-order valence-corrected chi connectivity index (χ0v) is 16.7. The molecule has 0 saturated heterocycles. The normalized spacial score (nSPS) is 11.2. The van der Waals surface area contributed by atoms with Gasteiger partial charge in [-0.15, -0.1) is 0 Å². The van der Waals surface area contributed by atoms with Crippen LogP contribution >= 0.6 is 0 Å². The first-order valence-corrected chi connectivity index (χ1v) is 9.97. The first-order valence-electron chi connectivity index (χ1n) is 9.97. The van der Waals surface area contributed by atoms with Gasteiger partial charge in [0.1, 0.15) is 0 Å². The third kappa shape index (κ3) is 3.63. The van der Waals surface area contributed by atoms with Crippen LogP contribution in [0, 0.1) is 0 Å². The van der Waals surface area contributed by atoms with E-state index in [4.69, 9.17) is 0 Å². The summed E-state index contributed by atoms with van der Waals surface area (Å²) < 4.78 is 3.49. The molecule has 0 aliphatic carbocycles. The largest absolute Gasteiger partial charge is 0.426 e. The van der Waals surface area contributed by atoms with Crippen molar-refractivity contribution in [1.29, 1.82) is 0 Å². The lowest BCUT2D eigenvalue weighted by molar-refractivity contribution is 0.188. The summed E-state index contributed by atoms with van der Waals surface area (Å²) in [6, 6.07) is 13.4. The summed E-state index contributed by atoms with van der Waals surface area (Å²) in [5.74, 6) is 0.301. The van der Waals surface area contributed by atoms with Crippen LogP contribution < -0.4 is 11.2 Å². The molecule has 3 aromatic heterocycles. The van der Waals surface area contributed by atoms with Crippen LogP contribution in [0.3, 0.4) is 0 Å². The van der Waals surface area contributed by atoms with Crippen LogP contribution in [0.15, 0.2) is 64.4 Å². The number of nitrogens with zero attached hydrogens (tertiary/aromatic N) is 5. The summed E-state index contributed by atoms with van der Waals surface area (Å²) in [5, 5.41) is 10.7. The average Bonchev–Trinajstić information content (AvgIpc) is 3.08. The predicted octanol–water partition coefficient (Wildman–Crippen LogP) is 2.24. The molecule has 8 heteroatoms. The monoisotopic (exact) mass is 405 g/mol. The SMILES string of the molecule is CCCn1c(=O)c2c(nc(Cc3ccncc3)n2O)n(CCc2ccccc2)c1=O. The molecule has 0 aliphatic heterocycles. The summed E-state index contributed by atoms with van der Waals surface area (Å²) >= 11 is 0. The lowest BCUT2D eigenvalue weighted by atomic mass is 10.1. The van der Waals surface area contributed by atoms with Crippen molar-refractivity contribution in [3.05, 3.63) is 92.6 Å². The molecule has 0 amide bonds. The van der Waals surface area contributed by atoms with Gasteiger partial charge in [0.25, 0.3) is 5.56 Å². The molecule has 0 spiro atoms. The number of hydrogen-bond acceptors (Lipinski definition) is 5. The van der Waals surface area contributed by atoms with Crippen molar-refractivity contribution in [1.82, 2.24) is 23.8 Å². The molecular weight excluding hydrogens is 382 g/mol. The van der Waals surface area contributed by atoms with E-state index < -0.39 is 11.2 Å². The first kappa shape index (κ1) is 19.6. The van der Waals surface area contributed by atoms with E-state index in [0.717, 1.165) is 15.9 Å². The Morgan fingerprint density at radius 1 is 0.933 bits per heavy atom. The number of fused-ring (bicyclic) bond motifs is 1. The van der Waals surface area contributed by atoms with Crippen molar-refractivity contribution < 1.29 is 5.21 Å². The molecule has 4 rings (SSSR count). The zero-order valence-electron chi connectivity index (χ0n) is 16.7. The molecule has 0 bridgehead atoms. The number of rotatable bonds is 7. The molecule has 0 radical (unpaired) electrons. The van der Waals surface area contributed by atoms with Crippen LogP contribution in [0.5, 0.6) is 0 Å². The maximum atomic E-state index is 13.1. The number of pyridine rings is 1. The molecule has 1 aromatic carbocycles. The summed E-state index contributed by atoms with van der Waals surface area (Å²) in [7, 11) is 0. The van der Waals surface area contributed by atoms with Gasteiger partial charge in [-0.05, 0) is 36.1 Å². The van der Waals surface area contributed by atoms with Crippen molar-refractivity contribution in [2.45, 2.75) is 39.3 Å². The van der Waals surface area contributed by atoms with Crippen LogP contribution in [0.25, 0.3) is 11.2 Å². The highest BCUT2D eigenvalue weighted by Crippen LogP contribution is 2.14. The first-order chi connectivity index (χ1) is 14.6. The van der Waals surface area contributed by atoms with Crippen LogP contribution in [0.1, 0.15) is 30.3 Å². The Labute approximate surface area is 172 Å². The topological polar surface area (TPSA) is 94.9 Å². The molecule has 30 heavy (non-hydrogen) atoms. The van der Waals surface area contributed by atoms with E-state index in [1.165, 1.54) is 9.13 Å². The highest BCUT2D eigenvalue weighted by Gasteiger charge is 2.21. The number of aryl methyl sites for hydroxylation is 2. The van der Waals surface area contributed by atoms with Gasteiger partial charge < -0.3 is 5.21 Å². The van der Waals surface area contributed by atoms with E-state index in [-0.39, 0.29) is 17.7 Å². The Bertz CT molecular complexity index is 1270. The number of benzene rings is 1. The van der Waals surface area contributed by atoms with Gasteiger partial charge in [-0.3, -0.25) is 18.9 Å². The molecule has 3 heterocycles. The summed E-state index contributed by atoms with van der Waals surface area (Å²) in [6.45, 7) is 2.54. The molecule has 0 aliphatic rings. The second kappa shape index (κ2) is 8.36. The van der Waals surface area contributed by atoms with Crippen molar-refractivity contribution >= 4 is 11.2 Å². The highest BCUT2D eigenvalue weighted by molar-refractivity contribution is 5.70. The Morgan fingerprint density at radius 2 is 1.67 bits per heavy atom. The molecule has 0 unspecified atom stereocenters. The lowest BCUT2D eigenvalue weighted by Gasteiger charge is -2.11. The number of imidazole rings is 1. The lowest BCUT2D eigenvalue weighted by Crippen LogP contribution is -2.40. The van der Waals surface area contributed by atoms with E-state index in [1.54, 1.807) is 12.4 Å². The Balaban J connectivity index is 1.84. The smallest absolute Gasteiger partial charge is 0.332 e. The van der Waals surface area contributed by atoms with Gasteiger partial charge in [0.2, 0.25) is 0 Å². The highest BCUT2D eigenvalue weighted by atomic mass is 16.5. The zero-order chi connectivity index (χ0) is 21.1. The maximum absolute atomic E-state index is 13.1. The molecule has 1 N–H and O–H groups in total. The summed E-state index contributed by atoms with van der Waals surface area (Å²) in [5.41, 5.74) is 1.27. The molecule has 0 saturated carbocycles. The second-order valence-electron chi connectivity index (χ2n) is 7.17. The average molecular weight is 405 g/mol. The quantitative estimate of drug-likeness (QED) is 0.476. The van der Waals surface area contributed by atoms with E-state index in [9.17, 15) is 14.8 Å². The van der Waals surface area contributed by atoms with Gasteiger partial charge >= 0.3 is 5.69 Å². The van der Waals surface area contributed by atoms with Gasteiger partial charge in [-0.25, -0.2) is 9.78 Å². The van der Waals surface area contributed by atoms with Gasteiger partial charge in [0.15, 0.2) is 17.0 Å². The fraction of sp³-hybridized carbons (Fsp3) is 0.273. The van der Waals surface area contributed by atoms with Crippen molar-refractivity contribution in [2.24, 2.45) is 0 Å². The second-order valence-corrected chi connectivity index (χ2v) is 7.17. The van der Waals surface area contributed by atoms with Gasteiger partial charge in [-0.1, -0.05) is 37.3 Å². The minimum atomic E-state index is -0.524. The van der Waals surface area contributed by atoms with Crippen LogP contribution in [-0.4, -0.2) is 29.0 Å². The van der Waals surface area contributed by atoms with Gasteiger partial charge in [0, 0.05) is 31.9 Å². The third-order valence-electron chi connectivity index (χ3n) is 5.09. The van der Waals surface area contributed by atoms with Gasteiger partial charge in [-0.2, -0.15) is 4.73 Å². The van der Waals surface area contributed by atoms with Gasteiger partial charge in [0.05, 0.1) is 0 Å². The van der Waals surface area contributed by atoms with Crippen molar-refractivity contribution in [2.75, 3.05) is 0 Å². The molecule has 0 fully saturated rings. The fourth-order valence-electron chi connectivity index (χ4n) is 3.58. The number of hydrogen-bond donors (Lipinski definition) is 1. The maximum Gasteiger partial charge on any atom is 0.332 e. The molecular formula is C22H23N5O3. The molecule has 8 nitrogen and oxygen atoms in total. The fourth-order valence-corrected chi connectivity index (χ4v) is 3.58. The summed E-state index contributed by atoms with van der Waals surface area (Å²) in [4.78, 5) is 34.5. The Kier molecular flexibility index (Phi) is 5.47. The third-order valence-corrected chi connectivity index (χ3v) is 5.09. The van der Waals surface area contributed by atoms with Crippen LogP contribution in [-0.2, 0) is 25.9 Å². The Hall–Kier alpha value is -3.68. The molecule has 154 valence electrons. The standard InChI is InChI=1S/C22H23N5O3/c1-2-13-26-21(28)19-20(24-18(27(19)30)15-17-8-11-23-12-9-17)25(22(26)29)14-10-16-6-4-3-5-7-16/h3-9,11-12,30H,2,10,13-15H2,1H3. The minimum Gasteiger partial charge on any atom is -0.426 e. The molecule has 0 atom stereocenters. The van der Waals surface area contributed by atoms with Crippen LogP contribution in [0.4, 0.5) is 0 Å². The van der Waals surface area contributed by atoms with E-state index in [0.29, 0.717) is 31.6 Å². The van der Waals surface area contributed by atoms with Crippen molar-refractivity contribution in [3.63, 3.8) is 0 Å². The predicted molar refractivity (Wildman–Crippen MR) is 113 cm³/mol. The van der Waals surface area contributed by atoms with E-state index in [2.05, 4.69) is 9.97 Å². The number of aromatic nitrogens is 5. The van der Waals surface area contributed by atoms with E-state index >= 15 is 0 Å². The molecule has 4 aromatic rings. The van der Waals surface area contributed by atoms with E-state index in [1.807, 2.05) is 49.4 Å². The van der Waals surface area contributed by atoms with Crippen LogP contribution in [0.2, 0.25) is 0 Å². The minimum absolute atomic E-state index is 0.0279. The van der Waals surface area contributed by atoms with Crippen molar-refractivity contribution in [3.8, 4) is 0 Å². The summed E-state index contributed by atoms with van der Waals surface area (Å²) in [6.07, 6.45) is 4.86.